The van der Waals surface area contributed by atoms with E-state index in [-0.39, 0.29) is 29.1 Å². The first-order valence-electron chi connectivity index (χ1n) is 8.75. The summed E-state index contributed by atoms with van der Waals surface area (Å²) in [6, 6.07) is 1.93. The fraction of sp³-hybridized carbons (Fsp3) is 0.333. The molecule has 1 aliphatic rings. The Hall–Kier alpha value is -3.50. The smallest absolute Gasteiger partial charge is 0.407 e. The topological polar surface area (TPSA) is 131 Å². The number of methoxy groups -OCH3 is 1. The summed E-state index contributed by atoms with van der Waals surface area (Å²) in [4.78, 5) is 32.9. The van der Waals surface area contributed by atoms with E-state index in [2.05, 4.69) is 15.3 Å². The van der Waals surface area contributed by atoms with Crippen molar-refractivity contribution in [1.29, 1.82) is 0 Å². The second-order valence-electron chi connectivity index (χ2n) is 6.45. The molecule has 0 saturated carbocycles. The van der Waals surface area contributed by atoms with Gasteiger partial charge in [-0.1, -0.05) is 0 Å². The van der Waals surface area contributed by atoms with Crippen LogP contribution in [0, 0.1) is 11.6 Å². The first-order chi connectivity index (χ1) is 13.8. The van der Waals surface area contributed by atoms with Crippen LogP contribution in [0.15, 0.2) is 18.3 Å². The van der Waals surface area contributed by atoms with Crippen LogP contribution in [0.25, 0.3) is 0 Å². The highest BCUT2D eigenvalue weighted by Crippen LogP contribution is 2.26. The maximum absolute atomic E-state index is 14.4. The Morgan fingerprint density at radius 3 is 2.59 bits per heavy atom. The number of halogens is 2. The number of nitrogens with zero attached hydrogens (tertiary/aromatic N) is 3. The predicted molar refractivity (Wildman–Crippen MR) is 99.0 cm³/mol. The zero-order chi connectivity index (χ0) is 21.1. The number of anilines is 2. The van der Waals surface area contributed by atoms with Gasteiger partial charge in [0.25, 0.3) is 0 Å². The number of likely N-dealkylation sites (tertiary alicyclic amines) is 1. The van der Waals surface area contributed by atoms with E-state index in [0.717, 1.165) is 18.3 Å². The number of nitrogens with one attached hydrogen (secondary N) is 1. The van der Waals surface area contributed by atoms with Gasteiger partial charge in [0.1, 0.15) is 11.6 Å². The van der Waals surface area contributed by atoms with Gasteiger partial charge in [0.15, 0.2) is 11.6 Å². The second kappa shape index (κ2) is 8.25. The molecule has 0 spiro atoms. The third-order valence-electron chi connectivity index (χ3n) is 4.66. The maximum Gasteiger partial charge on any atom is 0.407 e. The lowest BCUT2D eigenvalue weighted by Crippen LogP contribution is -2.41. The minimum Gasteiger partial charge on any atom is -0.494 e. The van der Waals surface area contributed by atoms with E-state index in [4.69, 9.17) is 15.6 Å². The number of hydrogen-bond donors (Lipinski definition) is 3. The van der Waals surface area contributed by atoms with E-state index in [1.165, 1.54) is 12.0 Å². The summed E-state index contributed by atoms with van der Waals surface area (Å²) in [6.45, 7) is 0.737. The van der Waals surface area contributed by atoms with Crippen LogP contribution >= 0.6 is 0 Å². The Morgan fingerprint density at radius 1 is 1.31 bits per heavy atom. The zero-order valence-electron chi connectivity index (χ0n) is 15.5. The predicted octanol–water partition coefficient (Wildman–Crippen LogP) is 2.13. The van der Waals surface area contributed by atoms with Gasteiger partial charge in [0.2, 0.25) is 11.7 Å². The monoisotopic (exact) mass is 407 g/mol. The fourth-order valence-electron chi connectivity index (χ4n) is 3.07. The van der Waals surface area contributed by atoms with Crippen molar-refractivity contribution in [3.05, 3.63) is 41.1 Å². The molecule has 1 aliphatic heterocycles. The van der Waals surface area contributed by atoms with Gasteiger partial charge in [0.05, 0.1) is 18.2 Å². The molecule has 1 aromatic heterocycles. The number of carboxylic acid groups (broad SMARTS) is 1. The lowest BCUT2D eigenvalue weighted by molar-refractivity contribution is 0.103. The number of benzene rings is 1. The quantitative estimate of drug-likeness (QED) is 0.643. The number of carbonyl (C=O) groups is 2. The van der Waals surface area contributed by atoms with Gasteiger partial charge in [-0.05, 0) is 25.0 Å². The van der Waals surface area contributed by atoms with Crippen molar-refractivity contribution in [3.63, 3.8) is 0 Å². The molecule has 0 bridgehead atoms. The van der Waals surface area contributed by atoms with Gasteiger partial charge in [-0.25, -0.2) is 18.6 Å². The van der Waals surface area contributed by atoms with Gasteiger partial charge >= 0.3 is 6.09 Å². The minimum atomic E-state index is -1.13. The van der Waals surface area contributed by atoms with Gasteiger partial charge in [-0.3, -0.25) is 4.79 Å². The van der Waals surface area contributed by atoms with Crippen LogP contribution in [0.3, 0.4) is 0 Å². The molecule has 9 nitrogen and oxygen atoms in total. The van der Waals surface area contributed by atoms with Gasteiger partial charge < -0.3 is 25.8 Å². The SMILES string of the molecule is COc1ccc(F)c(C(=O)c2cnc(NC3CCN(C(=O)O)CC3)nc2N)c1F. The summed E-state index contributed by atoms with van der Waals surface area (Å²) in [5.74, 6) is -3.57. The van der Waals surface area contributed by atoms with Gasteiger partial charge in [-0.2, -0.15) is 4.98 Å². The van der Waals surface area contributed by atoms with Crippen molar-refractivity contribution in [3.8, 4) is 5.75 Å². The van der Waals surface area contributed by atoms with Crippen molar-refractivity contribution in [2.45, 2.75) is 18.9 Å². The lowest BCUT2D eigenvalue weighted by Gasteiger charge is -2.30. The molecule has 1 aromatic carbocycles. The summed E-state index contributed by atoms with van der Waals surface area (Å²) in [5.41, 5.74) is 4.77. The summed E-state index contributed by atoms with van der Waals surface area (Å²) < 4.78 is 33.2. The molecule has 1 fully saturated rings. The summed E-state index contributed by atoms with van der Waals surface area (Å²) >= 11 is 0. The Balaban J connectivity index is 1.77. The molecule has 0 unspecified atom stereocenters. The third kappa shape index (κ3) is 4.18. The Morgan fingerprint density at radius 2 is 2.00 bits per heavy atom. The number of aromatic nitrogens is 2. The lowest BCUT2D eigenvalue weighted by atomic mass is 10.0. The number of carbonyl (C=O) groups excluding carboxylic acids is 1. The van der Waals surface area contributed by atoms with Crippen LogP contribution in [0.4, 0.5) is 25.3 Å². The molecule has 1 amide bonds. The third-order valence-corrected chi connectivity index (χ3v) is 4.66. The summed E-state index contributed by atoms with van der Waals surface area (Å²) in [7, 11) is 1.20. The van der Waals surface area contributed by atoms with Crippen LogP contribution in [-0.4, -0.2) is 58.1 Å². The highest BCUT2D eigenvalue weighted by molar-refractivity contribution is 6.12. The van der Waals surface area contributed by atoms with Crippen LogP contribution in [0.1, 0.15) is 28.8 Å². The molecule has 1 saturated heterocycles. The molecule has 2 aromatic rings. The average Bonchev–Trinajstić information content (AvgIpc) is 2.68. The number of rotatable bonds is 5. The highest BCUT2D eigenvalue weighted by Gasteiger charge is 2.26. The normalized spacial score (nSPS) is 14.5. The first-order valence-corrected chi connectivity index (χ1v) is 8.75. The molecule has 4 N–H and O–H groups in total. The van der Waals surface area contributed by atoms with Crippen LogP contribution < -0.4 is 15.8 Å². The maximum atomic E-state index is 14.4. The Kier molecular flexibility index (Phi) is 5.76. The van der Waals surface area contributed by atoms with Crippen LogP contribution in [0.2, 0.25) is 0 Å². The first kappa shape index (κ1) is 20.2. The molecule has 154 valence electrons. The number of ether oxygens (including phenoxy) is 1. The average molecular weight is 407 g/mol. The van der Waals surface area contributed by atoms with E-state index in [9.17, 15) is 18.4 Å². The molecule has 3 rings (SSSR count). The van der Waals surface area contributed by atoms with Crippen molar-refractivity contribution in [2.75, 3.05) is 31.2 Å². The second-order valence-corrected chi connectivity index (χ2v) is 6.45. The minimum absolute atomic E-state index is 0.0696. The molecule has 29 heavy (non-hydrogen) atoms. The standard InChI is InChI=1S/C18H19F2N5O4/c1-29-12-3-2-11(19)13(14(12)20)15(26)10-8-22-17(24-16(10)21)23-9-4-6-25(7-5-9)18(27)28/h2-3,8-9H,4-7H2,1H3,(H,27,28)(H3,21,22,23,24). The zero-order valence-corrected chi connectivity index (χ0v) is 15.5. The summed E-state index contributed by atoms with van der Waals surface area (Å²) in [5, 5.41) is 12.0. The molecular weight excluding hydrogens is 388 g/mol. The van der Waals surface area contributed by atoms with E-state index < -0.39 is 29.1 Å². The molecule has 0 radical (unpaired) electrons. The van der Waals surface area contributed by atoms with Crippen molar-refractivity contribution < 1.29 is 28.2 Å². The number of piperidine rings is 1. The number of amides is 1. The van der Waals surface area contributed by atoms with Gasteiger partial charge in [0, 0.05) is 25.3 Å². The Bertz CT molecular complexity index is 948. The Labute approximate surface area is 164 Å². The number of hydrogen-bond acceptors (Lipinski definition) is 7. The fourth-order valence-corrected chi connectivity index (χ4v) is 3.07. The van der Waals surface area contributed by atoms with E-state index in [1.807, 2.05) is 0 Å². The molecule has 2 heterocycles. The van der Waals surface area contributed by atoms with Crippen molar-refractivity contribution >= 4 is 23.6 Å². The number of nitrogens with two attached hydrogens (primary N) is 1. The van der Waals surface area contributed by atoms with Crippen molar-refractivity contribution in [1.82, 2.24) is 14.9 Å². The van der Waals surface area contributed by atoms with Crippen LogP contribution in [-0.2, 0) is 0 Å². The largest absolute Gasteiger partial charge is 0.494 e. The molecule has 11 heteroatoms. The van der Waals surface area contributed by atoms with E-state index in [0.29, 0.717) is 25.9 Å². The number of nitrogen functional groups attached to an aromatic ring is 1. The molecule has 0 atom stereocenters. The summed E-state index contributed by atoms with van der Waals surface area (Å²) in [6.07, 6.45) is 1.23. The van der Waals surface area contributed by atoms with Crippen molar-refractivity contribution in [2.24, 2.45) is 0 Å². The molecular formula is C18H19F2N5O4. The number of ketones is 1. The van der Waals surface area contributed by atoms with E-state index >= 15 is 0 Å². The van der Waals surface area contributed by atoms with Crippen LogP contribution in [0.5, 0.6) is 5.75 Å². The van der Waals surface area contributed by atoms with E-state index in [1.54, 1.807) is 0 Å². The highest BCUT2D eigenvalue weighted by atomic mass is 19.1. The molecule has 0 aliphatic carbocycles. The van der Waals surface area contributed by atoms with Gasteiger partial charge in [-0.15, -0.1) is 0 Å².